The molecule has 0 unspecified atom stereocenters. The molecule has 21 heavy (non-hydrogen) atoms. The highest BCUT2D eigenvalue weighted by Crippen LogP contribution is 2.12. The first-order valence-electron chi connectivity index (χ1n) is 6.98. The van der Waals surface area contributed by atoms with E-state index in [1.807, 2.05) is 30.3 Å². The van der Waals surface area contributed by atoms with Crippen LogP contribution in [0.15, 0.2) is 30.3 Å². The first kappa shape index (κ1) is 15.3. The summed E-state index contributed by atoms with van der Waals surface area (Å²) in [4.78, 5) is 29.0. The largest absolute Gasteiger partial charge is 0.453 e. The van der Waals surface area contributed by atoms with Crippen molar-refractivity contribution in [3.63, 3.8) is 0 Å². The minimum absolute atomic E-state index is 0.0488. The van der Waals surface area contributed by atoms with Crippen molar-refractivity contribution >= 4 is 17.7 Å². The molecule has 2 rings (SSSR count). The molecule has 0 saturated carbocycles. The maximum atomic E-state index is 12.3. The van der Waals surface area contributed by atoms with Gasteiger partial charge >= 0.3 is 6.09 Å². The van der Waals surface area contributed by atoms with Crippen LogP contribution in [0.1, 0.15) is 0 Å². The summed E-state index contributed by atoms with van der Waals surface area (Å²) in [6, 6.07) is 9.57. The molecule has 0 aliphatic carbocycles. The van der Waals surface area contributed by atoms with Gasteiger partial charge in [-0.05, 0) is 12.1 Å². The second kappa shape index (κ2) is 7.08. The van der Waals surface area contributed by atoms with Crippen LogP contribution in [0.4, 0.5) is 10.5 Å². The number of carbonyl (C=O) groups is 2. The van der Waals surface area contributed by atoms with Crippen LogP contribution in [0.3, 0.4) is 0 Å². The summed E-state index contributed by atoms with van der Waals surface area (Å²) in [5.74, 6) is 0.0488. The number of rotatable bonds is 3. The number of likely N-dealkylation sites (N-methyl/N-ethyl adjacent to an activating group) is 1. The summed E-state index contributed by atoms with van der Waals surface area (Å²) >= 11 is 0. The fourth-order valence-corrected chi connectivity index (χ4v) is 2.31. The van der Waals surface area contributed by atoms with Crippen LogP contribution >= 0.6 is 0 Å². The molecule has 0 spiro atoms. The Morgan fingerprint density at radius 2 is 1.76 bits per heavy atom. The van der Waals surface area contributed by atoms with Crippen LogP contribution in [0.2, 0.25) is 0 Å². The highest BCUT2D eigenvalue weighted by molar-refractivity contribution is 5.94. The maximum absolute atomic E-state index is 12.3. The quantitative estimate of drug-likeness (QED) is 0.835. The maximum Gasteiger partial charge on any atom is 0.409 e. The number of anilines is 1. The molecule has 0 atom stereocenters. The molecule has 6 nitrogen and oxygen atoms in total. The van der Waals surface area contributed by atoms with Crippen molar-refractivity contribution in [3.8, 4) is 0 Å². The Morgan fingerprint density at radius 3 is 2.33 bits per heavy atom. The van der Waals surface area contributed by atoms with Crippen LogP contribution in [0.25, 0.3) is 0 Å². The number of benzene rings is 1. The SMILES string of the molecule is COC(=O)N1CCN(CC(=O)N(C)c2ccccc2)CC1. The van der Waals surface area contributed by atoms with Gasteiger partial charge in [-0.1, -0.05) is 18.2 Å². The van der Waals surface area contributed by atoms with Crippen LogP contribution in [-0.2, 0) is 9.53 Å². The van der Waals surface area contributed by atoms with Crippen LogP contribution in [0.5, 0.6) is 0 Å². The van der Waals surface area contributed by atoms with E-state index in [4.69, 9.17) is 4.74 Å². The van der Waals surface area contributed by atoms with Crippen LogP contribution in [-0.4, -0.2) is 68.7 Å². The molecule has 0 N–H and O–H groups in total. The summed E-state index contributed by atoms with van der Waals surface area (Å²) in [7, 11) is 3.16. The van der Waals surface area contributed by atoms with Crippen molar-refractivity contribution in [1.82, 2.24) is 9.80 Å². The number of ether oxygens (including phenoxy) is 1. The van der Waals surface area contributed by atoms with E-state index >= 15 is 0 Å². The van der Waals surface area contributed by atoms with Crippen molar-refractivity contribution in [2.45, 2.75) is 0 Å². The molecule has 0 bridgehead atoms. The fourth-order valence-electron chi connectivity index (χ4n) is 2.31. The number of para-hydroxylation sites is 1. The average molecular weight is 291 g/mol. The van der Waals surface area contributed by atoms with Crippen LogP contribution in [0, 0.1) is 0 Å². The Kier molecular flexibility index (Phi) is 5.16. The third-order valence-corrected chi connectivity index (χ3v) is 3.68. The molecule has 0 radical (unpaired) electrons. The van der Waals surface area contributed by atoms with E-state index in [-0.39, 0.29) is 12.0 Å². The van der Waals surface area contributed by atoms with E-state index in [9.17, 15) is 9.59 Å². The molecular weight excluding hydrogens is 270 g/mol. The molecule has 6 heteroatoms. The summed E-state index contributed by atoms with van der Waals surface area (Å²) < 4.78 is 4.70. The van der Waals surface area contributed by atoms with Gasteiger partial charge in [0.15, 0.2) is 0 Å². The Bertz CT molecular complexity index is 484. The van der Waals surface area contributed by atoms with Crippen molar-refractivity contribution < 1.29 is 14.3 Å². The van der Waals surface area contributed by atoms with Gasteiger partial charge in [0.2, 0.25) is 5.91 Å². The van der Waals surface area contributed by atoms with Crippen molar-refractivity contribution in [2.24, 2.45) is 0 Å². The number of hydrogen-bond acceptors (Lipinski definition) is 4. The summed E-state index contributed by atoms with van der Waals surface area (Å²) in [6.07, 6.45) is -0.303. The Labute approximate surface area is 124 Å². The van der Waals surface area contributed by atoms with Gasteiger partial charge in [0.25, 0.3) is 0 Å². The lowest BCUT2D eigenvalue weighted by Crippen LogP contribution is -2.51. The Morgan fingerprint density at radius 1 is 1.14 bits per heavy atom. The summed E-state index contributed by atoms with van der Waals surface area (Å²) in [5.41, 5.74) is 0.885. The zero-order chi connectivity index (χ0) is 15.2. The highest BCUT2D eigenvalue weighted by atomic mass is 16.5. The predicted octanol–water partition coefficient (Wildman–Crippen LogP) is 1.03. The fraction of sp³-hybridized carbons (Fsp3) is 0.467. The standard InChI is InChI=1S/C15H21N3O3/c1-16(13-6-4-3-5-7-13)14(19)12-17-8-10-18(11-9-17)15(20)21-2/h3-7H,8-12H2,1-2H3. The second-order valence-corrected chi connectivity index (χ2v) is 5.02. The molecule has 1 aliphatic heterocycles. The zero-order valence-electron chi connectivity index (χ0n) is 12.5. The first-order chi connectivity index (χ1) is 10.1. The molecular formula is C15H21N3O3. The summed E-state index contributed by atoms with van der Waals surface area (Å²) in [6.45, 7) is 2.91. The van der Waals surface area contributed by atoms with Gasteiger partial charge in [-0.2, -0.15) is 0 Å². The lowest BCUT2D eigenvalue weighted by atomic mass is 10.3. The molecule has 114 valence electrons. The number of piperazine rings is 1. The van der Waals surface area contributed by atoms with E-state index < -0.39 is 0 Å². The smallest absolute Gasteiger partial charge is 0.409 e. The predicted molar refractivity (Wildman–Crippen MR) is 80.3 cm³/mol. The Hall–Kier alpha value is -2.08. The molecule has 1 aromatic carbocycles. The molecule has 2 amide bonds. The van der Waals surface area contributed by atoms with E-state index in [2.05, 4.69) is 4.90 Å². The van der Waals surface area contributed by atoms with Gasteiger partial charge in [0.05, 0.1) is 13.7 Å². The summed E-state index contributed by atoms with van der Waals surface area (Å²) in [5, 5.41) is 0. The first-order valence-corrected chi connectivity index (χ1v) is 6.98. The number of carbonyl (C=O) groups excluding carboxylic acids is 2. The molecule has 1 fully saturated rings. The molecule has 0 aromatic heterocycles. The van der Waals surface area contributed by atoms with Crippen LogP contribution < -0.4 is 4.90 Å². The van der Waals surface area contributed by atoms with Gasteiger partial charge in [-0.3, -0.25) is 9.69 Å². The number of nitrogens with zero attached hydrogens (tertiary/aromatic N) is 3. The monoisotopic (exact) mass is 291 g/mol. The van der Waals surface area contributed by atoms with Gasteiger partial charge in [-0.15, -0.1) is 0 Å². The third kappa shape index (κ3) is 3.95. The van der Waals surface area contributed by atoms with Gasteiger partial charge < -0.3 is 14.5 Å². The van der Waals surface area contributed by atoms with E-state index in [1.165, 1.54) is 7.11 Å². The van der Waals surface area contributed by atoms with Crippen molar-refractivity contribution in [3.05, 3.63) is 30.3 Å². The molecule has 1 aromatic rings. The highest BCUT2D eigenvalue weighted by Gasteiger charge is 2.23. The molecule has 1 saturated heterocycles. The second-order valence-electron chi connectivity index (χ2n) is 5.02. The zero-order valence-corrected chi connectivity index (χ0v) is 12.5. The lowest BCUT2D eigenvalue weighted by Gasteiger charge is -2.34. The third-order valence-electron chi connectivity index (χ3n) is 3.68. The molecule has 1 aliphatic rings. The minimum Gasteiger partial charge on any atom is -0.453 e. The minimum atomic E-state index is -0.303. The lowest BCUT2D eigenvalue weighted by molar-refractivity contribution is -0.119. The number of hydrogen-bond donors (Lipinski definition) is 0. The average Bonchev–Trinajstić information content (AvgIpc) is 2.55. The molecule has 1 heterocycles. The number of amides is 2. The van der Waals surface area contributed by atoms with Crippen molar-refractivity contribution in [1.29, 1.82) is 0 Å². The van der Waals surface area contributed by atoms with Gasteiger partial charge in [0.1, 0.15) is 0 Å². The normalized spacial score (nSPS) is 15.6. The topological polar surface area (TPSA) is 53.1 Å². The Balaban J connectivity index is 1.83. The van der Waals surface area contributed by atoms with E-state index in [0.29, 0.717) is 32.7 Å². The van der Waals surface area contributed by atoms with Gasteiger partial charge in [0, 0.05) is 38.9 Å². The van der Waals surface area contributed by atoms with E-state index in [0.717, 1.165) is 5.69 Å². The van der Waals surface area contributed by atoms with Gasteiger partial charge in [-0.25, -0.2) is 4.79 Å². The van der Waals surface area contributed by atoms with Crippen molar-refractivity contribution in [2.75, 3.05) is 51.8 Å². The number of methoxy groups -OCH3 is 1. The van der Waals surface area contributed by atoms with E-state index in [1.54, 1.807) is 16.8 Å².